The maximum atomic E-state index is 10.9. The molecule has 0 amide bonds. The van der Waals surface area contributed by atoms with Crippen molar-refractivity contribution in [2.75, 3.05) is 0 Å². The summed E-state index contributed by atoms with van der Waals surface area (Å²) in [6.45, 7) is 2.27. The molecule has 0 rings (SSSR count). The minimum absolute atomic E-state index is 0.0896. The van der Waals surface area contributed by atoms with E-state index in [1.54, 1.807) is 23.0 Å². The highest BCUT2D eigenvalue weighted by Crippen LogP contribution is 2.10. The lowest BCUT2D eigenvalue weighted by molar-refractivity contribution is -0.131. The lowest BCUT2D eigenvalue weighted by Crippen LogP contribution is -1.95. The van der Waals surface area contributed by atoms with Gasteiger partial charge in [-0.3, -0.25) is 4.79 Å². The molecule has 2 nitrogen and oxygen atoms in total. The molecule has 0 spiro atoms. The monoisotopic (exact) mass is 408 g/mol. The average molecular weight is 408 g/mol. The molecular formula is C18H33IO2. The lowest BCUT2D eigenvalue weighted by Gasteiger charge is -1.99. The standard InChI is InChI=1S/C18H33IO2/c1-2-3-4-5-6-7-8-9-10-11-12-13-14-15-16-17-18(20)21-19/h9-10H,2-8,11-17H2,1H3/b10-9-. The van der Waals surface area contributed by atoms with E-state index in [9.17, 15) is 4.79 Å². The summed E-state index contributed by atoms with van der Waals surface area (Å²) < 4.78 is 4.59. The summed E-state index contributed by atoms with van der Waals surface area (Å²) in [6, 6.07) is 0. The topological polar surface area (TPSA) is 26.3 Å². The van der Waals surface area contributed by atoms with Crippen LogP contribution in [0.5, 0.6) is 0 Å². The zero-order chi connectivity index (χ0) is 15.6. The zero-order valence-electron chi connectivity index (χ0n) is 13.7. The molecule has 0 aliphatic carbocycles. The highest BCUT2D eigenvalue weighted by Gasteiger charge is 1.99. The third kappa shape index (κ3) is 17.9. The normalized spacial score (nSPS) is 11.1. The van der Waals surface area contributed by atoms with E-state index in [1.165, 1.54) is 70.6 Å². The second-order valence-electron chi connectivity index (χ2n) is 5.78. The summed E-state index contributed by atoms with van der Waals surface area (Å²) in [5.74, 6) is -0.0896. The molecule has 0 aliphatic heterocycles. The van der Waals surface area contributed by atoms with E-state index in [0.29, 0.717) is 6.42 Å². The van der Waals surface area contributed by atoms with E-state index in [2.05, 4.69) is 22.1 Å². The maximum Gasteiger partial charge on any atom is 0.315 e. The third-order valence-corrected chi connectivity index (χ3v) is 4.22. The molecule has 0 radical (unpaired) electrons. The van der Waals surface area contributed by atoms with Crippen molar-refractivity contribution in [2.24, 2.45) is 0 Å². The predicted molar refractivity (Wildman–Crippen MR) is 99.6 cm³/mol. The lowest BCUT2D eigenvalue weighted by atomic mass is 10.1. The minimum atomic E-state index is -0.0896. The molecule has 0 aliphatic rings. The minimum Gasteiger partial charge on any atom is -0.394 e. The van der Waals surface area contributed by atoms with E-state index in [4.69, 9.17) is 0 Å². The zero-order valence-corrected chi connectivity index (χ0v) is 15.9. The van der Waals surface area contributed by atoms with Gasteiger partial charge < -0.3 is 3.07 Å². The SMILES string of the molecule is CCCCCCCC/C=C\CCCCCCCC(=O)OI. The first-order valence-corrected chi connectivity index (χ1v) is 9.65. The molecule has 3 heteroatoms. The molecule has 0 aromatic carbocycles. The number of hydrogen-bond donors (Lipinski definition) is 0. The van der Waals surface area contributed by atoms with Crippen LogP contribution >= 0.6 is 23.0 Å². The molecule has 0 saturated carbocycles. The van der Waals surface area contributed by atoms with Gasteiger partial charge in [0, 0.05) is 6.42 Å². The number of hydrogen-bond acceptors (Lipinski definition) is 2. The van der Waals surface area contributed by atoms with Crippen LogP contribution in [0.15, 0.2) is 12.2 Å². The van der Waals surface area contributed by atoms with Gasteiger partial charge in [0.15, 0.2) is 23.0 Å². The van der Waals surface area contributed by atoms with Crippen molar-refractivity contribution in [3.63, 3.8) is 0 Å². The molecule has 0 aromatic heterocycles. The Morgan fingerprint density at radius 2 is 1.29 bits per heavy atom. The van der Waals surface area contributed by atoms with E-state index in [-0.39, 0.29) is 5.97 Å². The van der Waals surface area contributed by atoms with E-state index in [0.717, 1.165) is 12.8 Å². The fourth-order valence-electron chi connectivity index (χ4n) is 2.38. The van der Waals surface area contributed by atoms with Crippen LogP contribution in [0.3, 0.4) is 0 Å². The van der Waals surface area contributed by atoms with Crippen molar-refractivity contribution in [3.05, 3.63) is 12.2 Å². The van der Waals surface area contributed by atoms with Gasteiger partial charge in [0.2, 0.25) is 0 Å². The Morgan fingerprint density at radius 1 is 0.810 bits per heavy atom. The summed E-state index contributed by atoms with van der Waals surface area (Å²) >= 11 is 1.66. The maximum absolute atomic E-state index is 10.9. The number of allylic oxidation sites excluding steroid dienone is 2. The summed E-state index contributed by atoms with van der Waals surface area (Å²) in [5, 5.41) is 0. The molecule has 0 unspecified atom stereocenters. The van der Waals surface area contributed by atoms with Crippen LogP contribution in [0.2, 0.25) is 0 Å². The average Bonchev–Trinajstić information content (AvgIpc) is 2.50. The van der Waals surface area contributed by atoms with Gasteiger partial charge in [-0.15, -0.1) is 0 Å². The molecule has 0 atom stereocenters. The molecule has 0 N–H and O–H groups in total. The molecular weight excluding hydrogens is 375 g/mol. The highest BCUT2D eigenvalue weighted by molar-refractivity contribution is 14.1. The van der Waals surface area contributed by atoms with Crippen molar-refractivity contribution < 1.29 is 7.86 Å². The van der Waals surface area contributed by atoms with Crippen LogP contribution in [0, 0.1) is 0 Å². The Bertz CT molecular complexity index is 252. The van der Waals surface area contributed by atoms with Crippen molar-refractivity contribution in [1.82, 2.24) is 0 Å². The Labute approximate surface area is 145 Å². The van der Waals surface area contributed by atoms with Gasteiger partial charge in [-0.25, -0.2) is 0 Å². The molecule has 0 heterocycles. The number of halogens is 1. The van der Waals surface area contributed by atoms with Gasteiger partial charge in [0.1, 0.15) is 0 Å². The van der Waals surface area contributed by atoms with Crippen molar-refractivity contribution in [1.29, 1.82) is 0 Å². The van der Waals surface area contributed by atoms with Gasteiger partial charge >= 0.3 is 5.97 Å². The van der Waals surface area contributed by atoms with Gasteiger partial charge in [-0.05, 0) is 32.1 Å². The number of unbranched alkanes of at least 4 members (excludes halogenated alkanes) is 11. The number of carbonyl (C=O) groups excluding carboxylic acids is 1. The highest BCUT2D eigenvalue weighted by atomic mass is 127. The van der Waals surface area contributed by atoms with Crippen LogP contribution in [0.25, 0.3) is 0 Å². The second kappa shape index (κ2) is 18.0. The molecule has 0 saturated heterocycles. The first-order chi connectivity index (χ1) is 10.3. The summed E-state index contributed by atoms with van der Waals surface area (Å²) in [4.78, 5) is 10.9. The smallest absolute Gasteiger partial charge is 0.315 e. The second-order valence-corrected chi connectivity index (χ2v) is 6.22. The van der Waals surface area contributed by atoms with Crippen LogP contribution < -0.4 is 0 Å². The van der Waals surface area contributed by atoms with Crippen LogP contribution in [-0.2, 0) is 7.86 Å². The Morgan fingerprint density at radius 3 is 1.81 bits per heavy atom. The van der Waals surface area contributed by atoms with Crippen LogP contribution in [-0.4, -0.2) is 5.97 Å². The van der Waals surface area contributed by atoms with Crippen LogP contribution in [0.4, 0.5) is 0 Å². The molecule has 0 fully saturated rings. The fourth-order valence-corrected chi connectivity index (χ4v) is 2.60. The van der Waals surface area contributed by atoms with Crippen molar-refractivity contribution in [3.8, 4) is 0 Å². The van der Waals surface area contributed by atoms with E-state index < -0.39 is 0 Å². The summed E-state index contributed by atoms with van der Waals surface area (Å²) in [7, 11) is 0. The van der Waals surface area contributed by atoms with E-state index >= 15 is 0 Å². The summed E-state index contributed by atoms with van der Waals surface area (Å²) in [5.41, 5.74) is 0. The molecule has 21 heavy (non-hydrogen) atoms. The van der Waals surface area contributed by atoms with Crippen molar-refractivity contribution in [2.45, 2.75) is 96.8 Å². The van der Waals surface area contributed by atoms with Gasteiger partial charge in [0.25, 0.3) is 0 Å². The van der Waals surface area contributed by atoms with Gasteiger partial charge in [-0.1, -0.05) is 70.4 Å². The Hall–Kier alpha value is -0.0600. The first-order valence-electron chi connectivity index (χ1n) is 8.77. The number of carbonyl (C=O) groups is 1. The molecule has 0 aromatic rings. The quantitative estimate of drug-likeness (QED) is 0.167. The fraction of sp³-hybridized carbons (Fsp3) is 0.833. The van der Waals surface area contributed by atoms with Gasteiger partial charge in [0.05, 0.1) is 0 Å². The van der Waals surface area contributed by atoms with Crippen molar-refractivity contribution >= 4 is 29.0 Å². The van der Waals surface area contributed by atoms with Gasteiger partial charge in [-0.2, -0.15) is 0 Å². The third-order valence-electron chi connectivity index (χ3n) is 3.73. The number of rotatable bonds is 15. The van der Waals surface area contributed by atoms with E-state index in [1.807, 2.05) is 0 Å². The first kappa shape index (κ1) is 20.9. The Balaban J connectivity index is 3.10. The Kier molecular flexibility index (Phi) is 17.9. The molecule has 124 valence electrons. The van der Waals surface area contributed by atoms with Crippen LogP contribution in [0.1, 0.15) is 96.8 Å². The largest absolute Gasteiger partial charge is 0.394 e. The predicted octanol–water partition coefficient (Wildman–Crippen LogP) is 6.92. The molecule has 0 bridgehead atoms. The summed E-state index contributed by atoms with van der Waals surface area (Å²) in [6.07, 6.45) is 22.0.